The third-order valence-corrected chi connectivity index (χ3v) is 2.91. The van der Waals surface area contributed by atoms with Crippen molar-refractivity contribution in [3.63, 3.8) is 0 Å². The van der Waals surface area contributed by atoms with Crippen LogP contribution in [0.15, 0.2) is 52.9 Å². The van der Waals surface area contributed by atoms with Crippen LogP contribution in [-0.4, -0.2) is 15.7 Å². The number of carbonyl (C=O) groups excluding carboxylic acids is 1. The molecule has 0 radical (unpaired) electrons. The van der Waals surface area contributed by atoms with Gasteiger partial charge in [-0.2, -0.15) is 5.10 Å². The number of hydrogen-bond acceptors (Lipinski definition) is 4. The van der Waals surface area contributed by atoms with Crippen LogP contribution >= 0.6 is 0 Å². The van der Waals surface area contributed by atoms with E-state index < -0.39 is 5.97 Å². The molecule has 0 aliphatic carbocycles. The van der Waals surface area contributed by atoms with Gasteiger partial charge >= 0.3 is 0 Å². The van der Waals surface area contributed by atoms with Crippen LogP contribution in [0.4, 0.5) is 0 Å². The summed E-state index contributed by atoms with van der Waals surface area (Å²) in [5, 5.41) is 15.5. The van der Waals surface area contributed by atoms with E-state index in [4.69, 9.17) is 4.42 Å². The van der Waals surface area contributed by atoms with Crippen molar-refractivity contribution in [1.29, 1.82) is 0 Å². The number of aromatic nitrogens is 2. The first kappa shape index (κ1) is 12.2. The minimum atomic E-state index is -1.28. The van der Waals surface area contributed by atoms with E-state index in [0.29, 0.717) is 17.1 Å². The minimum Gasteiger partial charge on any atom is -0.543 e. The highest BCUT2D eigenvalue weighted by molar-refractivity contribution is 5.86. The maximum absolute atomic E-state index is 11.2. The van der Waals surface area contributed by atoms with Gasteiger partial charge in [-0.15, -0.1) is 0 Å². The van der Waals surface area contributed by atoms with Crippen LogP contribution in [0.3, 0.4) is 0 Å². The van der Waals surface area contributed by atoms with Crippen LogP contribution in [0, 0.1) is 6.92 Å². The lowest BCUT2D eigenvalue weighted by Gasteiger charge is -2.06. The molecular formula is C15H11N2O3-. The van der Waals surface area contributed by atoms with E-state index in [1.165, 1.54) is 10.7 Å². The van der Waals surface area contributed by atoms with Gasteiger partial charge < -0.3 is 14.3 Å². The Hall–Kier alpha value is -2.82. The number of carboxylic acids is 1. The number of hydrogen-bond donors (Lipinski definition) is 0. The highest BCUT2D eigenvalue weighted by Gasteiger charge is 2.14. The van der Waals surface area contributed by atoms with E-state index in [-0.39, 0.29) is 5.69 Å². The van der Waals surface area contributed by atoms with Gasteiger partial charge in [0, 0.05) is 0 Å². The Labute approximate surface area is 115 Å². The van der Waals surface area contributed by atoms with Gasteiger partial charge in [-0.25, -0.2) is 4.68 Å². The Morgan fingerprint density at radius 1 is 1.20 bits per heavy atom. The first-order valence-electron chi connectivity index (χ1n) is 6.09. The molecule has 0 spiro atoms. The number of carbonyl (C=O) groups is 1. The number of aromatic carboxylic acids is 1. The Bertz CT molecular complexity index is 757. The number of para-hydroxylation sites is 1. The van der Waals surface area contributed by atoms with Crippen LogP contribution in [-0.2, 0) is 0 Å². The molecule has 2 aromatic heterocycles. The van der Waals surface area contributed by atoms with Gasteiger partial charge in [0.1, 0.15) is 11.5 Å². The third-order valence-electron chi connectivity index (χ3n) is 2.91. The Balaban J connectivity index is 2.15. The molecular weight excluding hydrogens is 256 g/mol. The van der Waals surface area contributed by atoms with E-state index >= 15 is 0 Å². The zero-order chi connectivity index (χ0) is 14.1. The summed E-state index contributed by atoms with van der Waals surface area (Å²) in [6.45, 7) is 1.82. The van der Waals surface area contributed by atoms with Crippen molar-refractivity contribution >= 4 is 5.97 Å². The van der Waals surface area contributed by atoms with Gasteiger partial charge in [0.05, 0.1) is 17.4 Å². The quantitative estimate of drug-likeness (QED) is 0.725. The Kier molecular flexibility index (Phi) is 2.87. The molecule has 2 heterocycles. The predicted octanol–water partition coefficient (Wildman–Crippen LogP) is 1.80. The monoisotopic (exact) mass is 267 g/mol. The Morgan fingerprint density at radius 2 is 1.95 bits per heavy atom. The number of benzene rings is 1. The molecule has 0 aliphatic rings. The van der Waals surface area contributed by atoms with Crippen molar-refractivity contribution < 1.29 is 14.3 Å². The summed E-state index contributed by atoms with van der Waals surface area (Å²) in [5.41, 5.74) is 1.10. The summed E-state index contributed by atoms with van der Waals surface area (Å²) in [6, 6.07) is 14.0. The van der Waals surface area contributed by atoms with Gasteiger partial charge in [0.25, 0.3) is 0 Å². The summed E-state index contributed by atoms with van der Waals surface area (Å²) >= 11 is 0. The summed E-state index contributed by atoms with van der Waals surface area (Å²) in [7, 11) is 0. The molecule has 5 nitrogen and oxygen atoms in total. The number of rotatable bonds is 3. The Morgan fingerprint density at radius 3 is 2.55 bits per heavy atom. The lowest BCUT2D eigenvalue weighted by atomic mass is 10.3. The SMILES string of the molecule is Cc1ccc(-c2cc(C(=O)[O-])n(-c3ccccc3)n2)o1. The fourth-order valence-corrected chi connectivity index (χ4v) is 1.99. The van der Waals surface area contributed by atoms with Crippen LogP contribution in [0.5, 0.6) is 0 Å². The number of aryl methyl sites for hydroxylation is 1. The van der Waals surface area contributed by atoms with Crippen LogP contribution in [0.25, 0.3) is 17.1 Å². The maximum Gasteiger partial charge on any atom is 0.154 e. The van der Waals surface area contributed by atoms with E-state index in [0.717, 1.165) is 5.76 Å². The molecule has 3 aromatic rings. The average Bonchev–Trinajstić information content (AvgIpc) is 3.05. The van der Waals surface area contributed by atoms with E-state index in [1.54, 1.807) is 24.3 Å². The second-order valence-corrected chi connectivity index (χ2v) is 4.36. The van der Waals surface area contributed by atoms with Crippen molar-refractivity contribution in [2.24, 2.45) is 0 Å². The van der Waals surface area contributed by atoms with E-state index in [9.17, 15) is 9.90 Å². The van der Waals surface area contributed by atoms with Gasteiger partial charge in [-0.05, 0) is 37.3 Å². The first-order chi connectivity index (χ1) is 9.65. The summed E-state index contributed by atoms with van der Waals surface area (Å²) < 4.78 is 6.80. The van der Waals surface area contributed by atoms with Crippen molar-refractivity contribution in [3.8, 4) is 17.1 Å². The minimum absolute atomic E-state index is 0.0137. The van der Waals surface area contributed by atoms with Crippen LogP contribution in [0.1, 0.15) is 16.2 Å². The zero-order valence-electron chi connectivity index (χ0n) is 10.7. The van der Waals surface area contributed by atoms with Crippen molar-refractivity contribution in [3.05, 3.63) is 60.0 Å². The number of carboxylic acid groups (broad SMARTS) is 1. The molecule has 1 aromatic carbocycles. The molecule has 0 atom stereocenters. The van der Waals surface area contributed by atoms with Crippen molar-refractivity contribution in [1.82, 2.24) is 9.78 Å². The van der Waals surface area contributed by atoms with Gasteiger partial charge in [0.15, 0.2) is 5.76 Å². The van der Waals surface area contributed by atoms with Crippen LogP contribution < -0.4 is 5.11 Å². The van der Waals surface area contributed by atoms with Gasteiger partial charge in [-0.1, -0.05) is 18.2 Å². The molecule has 0 bridgehead atoms. The predicted molar refractivity (Wildman–Crippen MR) is 70.3 cm³/mol. The molecule has 100 valence electrons. The fraction of sp³-hybridized carbons (Fsp3) is 0.0667. The van der Waals surface area contributed by atoms with Crippen molar-refractivity contribution in [2.45, 2.75) is 6.92 Å². The molecule has 0 aliphatic heterocycles. The summed E-state index contributed by atoms with van der Waals surface area (Å²) in [5.74, 6) is -0.0141. The second kappa shape index (κ2) is 4.70. The third kappa shape index (κ3) is 2.09. The van der Waals surface area contributed by atoms with E-state index in [1.807, 2.05) is 25.1 Å². The summed E-state index contributed by atoms with van der Waals surface area (Å²) in [6.07, 6.45) is 0. The topological polar surface area (TPSA) is 71.1 Å². The number of nitrogens with zero attached hydrogens (tertiary/aromatic N) is 2. The van der Waals surface area contributed by atoms with Gasteiger partial charge in [0.2, 0.25) is 0 Å². The molecule has 0 fully saturated rings. The first-order valence-corrected chi connectivity index (χ1v) is 6.09. The second-order valence-electron chi connectivity index (χ2n) is 4.36. The molecule has 0 amide bonds. The smallest absolute Gasteiger partial charge is 0.154 e. The zero-order valence-corrected chi connectivity index (χ0v) is 10.7. The maximum atomic E-state index is 11.2. The fourth-order valence-electron chi connectivity index (χ4n) is 1.99. The molecule has 5 heteroatoms. The molecule has 0 saturated heterocycles. The van der Waals surface area contributed by atoms with Gasteiger partial charge in [-0.3, -0.25) is 0 Å². The molecule has 0 N–H and O–H groups in total. The highest BCUT2D eigenvalue weighted by Crippen LogP contribution is 2.23. The van der Waals surface area contributed by atoms with Crippen molar-refractivity contribution in [2.75, 3.05) is 0 Å². The molecule has 20 heavy (non-hydrogen) atoms. The molecule has 3 rings (SSSR count). The highest BCUT2D eigenvalue weighted by atomic mass is 16.4. The number of furan rings is 1. The average molecular weight is 267 g/mol. The van der Waals surface area contributed by atoms with Crippen LogP contribution in [0.2, 0.25) is 0 Å². The largest absolute Gasteiger partial charge is 0.543 e. The molecule has 0 unspecified atom stereocenters. The normalized spacial score (nSPS) is 10.7. The molecule has 0 saturated carbocycles. The summed E-state index contributed by atoms with van der Waals surface area (Å²) in [4.78, 5) is 11.2. The van der Waals surface area contributed by atoms with E-state index in [2.05, 4.69) is 5.10 Å². The standard InChI is InChI=1S/C15H12N2O3/c1-10-7-8-14(20-10)12-9-13(15(18)19)17(16-12)11-5-3-2-4-6-11/h2-9H,1H3,(H,18,19)/p-1. The lowest BCUT2D eigenvalue weighted by molar-refractivity contribution is -0.255. The lowest BCUT2D eigenvalue weighted by Crippen LogP contribution is -2.25.